The van der Waals surface area contributed by atoms with E-state index in [1.807, 2.05) is 6.08 Å². The van der Waals surface area contributed by atoms with E-state index in [2.05, 4.69) is 20.1 Å². The van der Waals surface area contributed by atoms with E-state index in [4.69, 9.17) is 0 Å². The first-order chi connectivity index (χ1) is 8.52. The Hall–Kier alpha value is -0.850. The standard InChI is InChI=1S/C17H24O/c1-4-7-16(3)14-10-13-5-8-17(14,11-12(13)2)9-6-15(16)18/h4,13-14H,1-2,5-11H2,3H3/t13-,14+,16?,17?/m1/s1. The van der Waals surface area contributed by atoms with Gasteiger partial charge in [0.25, 0.3) is 0 Å². The van der Waals surface area contributed by atoms with Crippen LogP contribution in [0.5, 0.6) is 0 Å². The van der Waals surface area contributed by atoms with Crippen LogP contribution in [-0.2, 0) is 4.79 Å². The normalized spacial score (nSPS) is 46.9. The number of rotatable bonds is 2. The molecule has 4 rings (SSSR count). The fourth-order valence-corrected chi connectivity index (χ4v) is 5.19. The Morgan fingerprint density at radius 1 is 1.44 bits per heavy atom. The lowest BCUT2D eigenvalue weighted by Crippen LogP contribution is -2.55. The average molecular weight is 244 g/mol. The molecule has 4 atom stereocenters. The van der Waals surface area contributed by atoms with Crippen LogP contribution in [-0.4, -0.2) is 5.78 Å². The van der Waals surface area contributed by atoms with Gasteiger partial charge in [-0.2, -0.15) is 0 Å². The molecule has 4 saturated carbocycles. The van der Waals surface area contributed by atoms with E-state index >= 15 is 0 Å². The molecule has 0 aromatic carbocycles. The summed E-state index contributed by atoms with van der Waals surface area (Å²) in [5, 5.41) is 0. The molecule has 2 bridgehead atoms. The second kappa shape index (κ2) is 3.82. The highest BCUT2D eigenvalue weighted by molar-refractivity contribution is 5.86. The first-order valence-electron chi connectivity index (χ1n) is 7.34. The Balaban J connectivity index is 2.01. The number of allylic oxidation sites excluding steroid dienone is 2. The number of carbonyl (C=O) groups excluding carboxylic acids is 1. The predicted octanol–water partition coefficient (Wildman–Crippen LogP) is 4.29. The molecule has 0 radical (unpaired) electrons. The van der Waals surface area contributed by atoms with Gasteiger partial charge in [0.2, 0.25) is 0 Å². The molecule has 1 nitrogen and oxygen atoms in total. The van der Waals surface area contributed by atoms with Crippen molar-refractivity contribution in [3.05, 3.63) is 24.8 Å². The molecule has 1 heteroatoms. The van der Waals surface area contributed by atoms with Crippen LogP contribution in [0, 0.1) is 22.7 Å². The molecule has 2 unspecified atom stereocenters. The maximum atomic E-state index is 12.4. The quantitative estimate of drug-likeness (QED) is 0.662. The van der Waals surface area contributed by atoms with Gasteiger partial charge in [-0.05, 0) is 55.8 Å². The van der Waals surface area contributed by atoms with Gasteiger partial charge in [-0.15, -0.1) is 6.58 Å². The number of hydrogen-bond acceptors (Lipinski definition) is 1. The summed E-state index contributed by atoms with van der Waals surface area (Å²) in [4.78, 5) is 12.4. The molecule has 1 spiro atoms. The minimum absolute atomic E-state index is 0.140. The molecule has 0 heterocycles. The number of Topliss-reactive ketones (excluding diaryl/α,β-unsaturated/α-hetero) is 1. The van der Waals surface area contributed by atoms with E-state index in [9.17, 15) is 4.79 Å². The Morgan fingerprint density at radius 2 is 2.22 bits per heavy atom. The van der Waals surface area contributed by atoms with Crippen molar-refractivity contribution in [1.29, 1.82) is 0 Å². The number of fused-ring (bicyclic) bond motifs is 2. The van der Waals surface area contributed by atoms with Crippen LogP contribution >= 0.6 is 0 Å². The highest BCUT2D eigenvalue weighted by Crippen LogP contribution is 2.65. The van der Waals surface area contributed by atoms with Crippen LogP contribution in [0.1, 0.15) is 51.9 Å². The zero-order valence-corrected chi connectivity index (χ0v) is 11.5. The molecule has 0 saturated heterocycles. The fourth-order valence-electron chi connectivity index (χ4n) is 5.19. The monoisotopic (exact) mass is 244 g/mol. The zero-order chi connectivity index (χ0) is 13.0. The lowest BCUT2D eigenvalue weighted by molar-refractivity contribution is -0.150. The molecule has 4 aliphatic carbocycles. The Bertz CT molecular complexity index is 421. The van der Waals surface area contributed by atoms with Crippen molar-refractivity contribution < 1.29 is 4.79 Å². The molecule has 0 N–H and O–H groups in total. The summed E-state index contributed by atoms with van der Waals surface area (Å²) in [6.07, 6.45) is 9.71. The predicted molar refractivity (Wildman–Crippen MR) is 74.2 cm³/mol. The third-order valence-electron chi connectivity index (χ3n) is 6.23. The van der Waals surface area contributed by atoms with E-state index < -0.39 is 0 Å². The number of carbonyl (C=O) groups is 1. The van der Waals surface area contributed by atoms with Gasteiger partial charge < -0.3 is 0 Å². The molecule has 98 valence electrons. The van der Waals surface area contributed by atoms with Gasteiger partial charge in [0.1, 0.15) is 5.78 Å². The number of hydrogen-bond donors (Lipinski definition) is 0. The first kappa shape index (κ1) is 12.2. The highest BCUT2D eigenvalue weighted by Gasteiger charge is 2.59. The lowest BCUT2D eigenvalue weighted by atomic mass is 9.43. The lowest BCUT2D eigenvalue weighted by Gasteiger charge is -2.61. The van der Waals surface area contributed by atoms with Gasteiger partial charge in [0, 0.05) is 11.8 Å². The van der Waals surface area contributed by atoms with E-state index in [1.54, 1.807) is 0 Å². The smallest absolute Gasteiger partial charge is 0.139 e. The van der Waals surface area contributed by atoms with Crippen molar-refractivity contribution in [2.24, 2.45) is 22.7 Å². The molecule has 0 aromatic heterocycles. The maximum Gasteiger partial charge on any atom is 0.139 e. The highest BCUT2D eigenvalue weighted by atomic mass is 16.1. The van der Waals surface area contributed by atoms with Gasteiger partial charge in [0.05, 0.1) is 0 Å². The summed E-state index contributed by atoms with van der Waals surface area (Å²) >= 11 is 0. The van der Waals surface area contributed by atoms with Crippen molar-refractivity contribution in [2.75, 3.05) is 0 Å². The molecule has 0 aliphatic heterocycles. The van der Waals surface area contributed by atoms with Crippen molar-refractivity contribution >= 4 is 5.78 Å². The van der Waals surface area contributed by atoms with E-state index in [1.165, 1.54) is 31.3 Å². The Morgan fingerprint density at radius 3 is 2.89 bits per heavy atom. The molecule has 4 aliphatic rings. The Kier molecular flexibility index (Phi) is 2.59. The largest absolute Gasteiger partial charge is 0.299 e. The summed E-state index contributed by atoms with van der Waals surface area (Å²) in [6.45, 7) is 10.4. The van der Waals surface area contributed by atoms with E-state index in [-0.39, 0.29) is 5.41 Å². The number of ketones is 1. The second-order valence-electron chi connectivity index (χ2n) is 7.05. The van der Waals surface area contributed by atoms with Crippen molar-refractivity contribution in [3.63, 3.8) is 0 Å². The van der Waals surface area contributed by atoms with Crippen LogP contribution < -0.4 is 0 Å². The summed E-state index contributed by atoms with van der Waals surface area (Å²) in [5.74, 6) is 1.75. The summed E-state index contributed by atoms with van der Waals surface area (Å²) in [7, 11) is 0. The van der Waals surface area contributed by atoms with Crippen LogP contribution in [0.25, 0.3) is 0 Å². The minimum Gasteiger partial charge on any atom is -0.299 e. The Labute approximate surface area is 110 Å². The van der Waals surface area contributed by atoms with Crippen LogP contribution in [0.3, 0.4) is 0 Å². The summed E-state index contributed by atoms with van der Waals surface area (Å²) < 4.78 is 0. The van der Waals surface area contributed by atoms with Crippen LogP contribution in [0.2, 0.25) is 0 Å². The van der Waals surface area contributed by atoms with E-state index in [0.717, 1.165) is 19.3 Å². The van der Waals surface area contributed by atoms with Gasteiger partial charge >= 0.3 is 0 Å². The van der Waals surface area contributed by atoms with Gasteiger partial charge in [-0.3, -0.25) is 4.79 Å². The molecule has 0 aromatic rings. The maximum absolute atomic E-state index is 12.4. The van der Waals surface area contributed by atoms with Gasteiger partial charge in [-0.1, -0.05) is 25.2 Å². The van der Waals surface area contributed by atoms with E-state index in [0.29, 0.717) is 23.0 Å². The third-order valence-corrected chi connectivity index (χ3v) is 6.23. The minimum atomic E-state index is -0.140. The SMILES string of the molecule is C=CCC1(C)C(=O)CCC23CC[C@H](C[C@H]21)C(=C)C3. The van der Waals surface area contributed by atoms with Gasteiger partial charge in [-0.25, -0.2) is 0 Å². The van der Waals surface area contributed by atoms with Crippen LogP contribution in [0.15, 0.2) is 24.8 Å². The first-order valence-corrected chi connectivity index (χ1v) is 7.34. The summed E-state index contributed by atoms with van der Waals surface area (Å²) in [5.41, 5.74) is 1.73. The molecular weight excluding hydrogens is 220 g/mol. The molecule has 18 heavy (non-hydrogen) atoms. The zero-order valence-electron chi connectivity index (χ0n) is 11.5. The molecular formula is C17H24O. The van der Waals surface area contributed by atoms with Crippen molar-refractivity contribution in [2.45, 2.75) is 51.9 Å². The fraction of sp³-hybridized carbons (Fsp3) is 0.706. The van der Waals surface area contributed by atoms with Crippen molar-refractivity contribution in [3.8, 4) is 0 Å². The third kappa shape index (κ3) is 1.42. The summed E-state index contributed by atoms with van der Waals surface area (Å²) in [6, 6.07) is 0. The van der Waals surface area contributed by atoms with Gasteiger partial charge in [0.15, 0.2) is 0 Å². The topological polar surface area (TPSA) is 17.1 Å². The van der Waals surface area contributed by atoms with Crippen molar-refractivity contribution in [1.82, 2.24) is 0 Å². The average Bonchev–Trinajstić information content (AvgIpc) is 2.35. The molecule has 4 fully saturated rings. The second-order valence-corrected chi connectivity index (χ2v) is 7.05. The molecule has 0 amide bonds. The van der Waals surface area contributed by atoms with Crippen LogP contribution in [0.4, 0.5) is 0 Å².